The van der Waals surface area contributed by atoms with Crippen molar-refractivity contribution in [3.8, 4) is 5.75 Å². The number of fused-ring (bicyclic) bond motifs is 1. The van der Waals surface area contributed by atoms with Crippen molar-refractivity contribution in [1.82, 2.24) is 9.55 Å². The molecule has 0 radical (unpaired) electrons. The third kappa shape index (κ3) is 2.32. The standard InChI is InChI=1S/C16H19N3O4/c1-19-10-6-5-7-11(23-2)12(10)17-15(19)18-13(20)16(14(21)22)8-3-4-9-16/h5-7H,3-4,8-9H2,1-2H3,(H,21,22)(H,17,18,20). The number of carbonyl (C=O) groups is 2. The molecule has 1 aliphatic carbocycles. The van der Waals surface area contributed by atoms with Gasteiger partial charge in [-0.05, 0) is 25.0 Å². The normalized spacial score (nSPS) is 16.4. The first-order valence-corrected chi connectivity index (χ1v) is 7.54. The van der Waals surface area contributed by atoms with Crippen molar-refractivity contribution in [3.05, 3.63) is 18.2 Å². The molecule has 1 heterocycles. The van der Waals surface area contributed by atoms with E-state index in [1.165, 1.54) is 0 Å². The van der Waals surface area contributed by atoms with Crippen molar-refractivity contribution in [2.45, 2.75) is 25.7 Å². The fourth-order valence-corrected chi connectivity index (χ4v) is 3.20. The van der Waals surface area contributed by atoms with Gasteiger partial charge in [0.25, 0.3) is 0 Å². The molecular formula is C16H19N3O4. The van der Waals surface area contributed by atoms with Crippen molar-refractivity contribution in [3.63, 3.8) is 0 Å². The van der Waals surface area contributed by atoms with E-state index < -0.39 is 17.3 Å². The summed E-state index contributed by atoms with van der Waals surface area (Å²) in [5.74, 6) is -0.641. The van der Waals surface area contributed by atoms with Gasteiger partial charge >= 0.3 is 5.97 Å². The number of benzene rings is 1. The molecule has 1 aromatic heterocycles. The van der Waals surface area contributed by atoms with Crippen LogP contribution in [0.25, 0.3) is 11.0 Å². The number of hydrogen-bond donors (Lipinski definition) is 2. The van der Waals surface area contributed by atoms with Gasteiger partial charge in [-0.25, -0.2) is 4.98 Å². The number of aliphatic carboxylic acids is 1. The molecule has 0 bridgehead atoms. The summed E-state index contributed by atoms with van der Waals surface area (Å²) in [6, 6.07) is 5.49. The molecule has 0 aliphatic heterocycles. The van der Waals surface area contributed by atoms with E-state index in [9.17, 15) is 14.7 Å². The lowest BCUT2D eigenvalue weighted by Gasteiger charge is -2.22. The highest BCUT2D eigenvalue weighted by Crippen LogP contribution is 2.39. The Labute approximate surface area is 133 Å². The Hall–Kier alpha value is -2.57. The number of nitrogens with zero attached hydrogens (tertiary/aromatic N) is 2. The molecule has 1 saturated carbocycles. The number of amides is 1. The van der Waals surface area contributed by atoms with Crippen LogP contribution in [0, 0.1) is 5.41 Å². The van der Waals surface area contributed by atoms with Gasteiger partial charge in [0.1, 0.15) is 16.7 Å². The third-order valence-corrected chi connectivity index (χ3v) is 4.62. The Morgan fingerprint density at radius 2 is 2.04 bits per heavy atom. The van der Waals surface area contributed by atoms with Crippen LogP contribution in [0.15, 0.2) is 18.2 Å². The van der Waals surface area contributed by atoms with Gasteiger partial charge in [-0.1, -0.05) is 18.9 Å². The molecular weight excluding hydrogens is 298 g/mol. The first-order valence-electron chi connectivity index (χ1n) is 7.54. The van der Waals surface area contributed by atoms with Crippen molar-refractivity contribution in [2.24, 2.45) is 12.5 Å². The number of carboxylic acids is 1. The number of rotatable bonds is 4. The highest BCUT2D eigenvalue weighted by atomic mass is 16.5. The van der Waals surface area contributed by atoms with Crippen LogP contribution >= 0.6 is 0 Å². The molecule has 7 nitrogen and oxygen atoms in total. The lowest BCUT2D eigenvalue weighted by atomic mass is 9.85. The average Bonchev–Trinajstić information content (AvgIpc) is 3.14. The Bertz CT molecular complexity index is 775. The number of aryl methyl sites for hydroxylation is 1. The van der Waals surface area contributed by atoms with Crippen molar-refractivity contribution in [2.75, 3.05) is 12.4 Å². The van der Waals surface area contributed by atoms with Crippen LogP contribution in [0.1, 0.15) is 25.7 Å². The number of ether oxygens (including phenoxy) is 1. The summed E-state index contributed by atoms with van der Waals surface area (Å²) < 4.78 is 7.00. The molecule has 2 N–H and O–H groups in total. The summed E-state index contributed by atoms with van der Waals surface area (Å²) >= 11 is 0. The topological polar surface area (TPSA) is 93.4 Å². The second-order valence-electron chi connectivity index (χ2n) is 5.87. The summed E-state index contributed by atoms with van der Waals surface area (Å²) in [4.78, 5) is 28.6. The maximum Gasteiger partial charge on any atom is 0.319 e. The van der Waals surface area contributed by atoms with E-state index in [1.54, 1.807) is 24.8 Å². The van der Waals surface area contributed by atoms with Gasteiger partial charge in [-0.15, -0.1) is 0 Å². The highest BCUT2D eigenvalue weighted by Gasteiger charge is 2.48. The molecule has 2 aromatic rings. The third-order valence-electron chi connectivity index (χ3n) is 4.62. The summed E-state index contributed by atoms with van der Waals surface area (Å²) in [7, 11) is 3.33. The molecule has 7 heteroatoms. The van der Waals surface area contributed by atoms with Gasteiger partial charge in [0.05, 0.1) is 12.6 Å². The zero-order valence-electron chi connectivity index (χ0n) is 13.1. The molecule has 0 unspecified atom stereocenters. The van der Waals surface area contributed by atoms with Crippen LogP contribution in [-0.4, -0.2) is 33.6 Å². The van der Waals surface area contributed by atoms with Gasteiger partial charge < -0.3 is 14.4 Å². The van der Waals surface area contributed by atoms with Gasteiger partial charge in [-0.3, -0.25) is 14.9 Å². The van der Waals surface area contributed by atoms with Crippen molar-refractivity contribution >= 4 is 28.9 Å². The molecule has 1 fully saturated rings. The minimum absolute atomic E-state index is 0.321. The van der Waals surface area contributed by atoms with Gasteiger partial charge in [0, 0.05) is 7.05 Å². The molecule has 1 aromatic carbocycles. The average molecular weight is 317 g/mol. The Kier molecular flexibility index (Phi) is 3.71. The van der Waals surface area contributed by atoms with Crippen LogP contribution in [0.2, 0.25) is 0 Å². The lowest BCUT2D eigenvalue weighted by Crippen LogP contribution is -2.41. The van der Waals surface area contributed by atoms with Crippen LogP contribution in [0.5, 0.6) is 5.75 Å². The van der Waals surface area contributed by atoms with E-state index in [4.69, 9.17) is 4.74 Å². The maximum absolute atomic E-state index is 12.6. The monoisotopic (exact) mass is 317 g/mol. The second kappa shape index (κ2) is 5.57. The number of carboxylic acid groups (broad SMARTS) is 1. The van der Waals surface area contributed by atoms with Gasteiger partial charge in [0.15, 0.2) is 0 Å². The van der Waals surface area contributed by atoms with Crippen LogP contribution in [0.3, 0.4) is 0 Å². The number of nitrogens with one attached hydrogen (secondary N) is 1. The number of carbonyl (C=O) groups excluding carboxylic acids is 1. The van der Waals surface area contributed by atoms with E-state index >= 15 is 0 Å². The number of imidazole rings is 1. The molecule has 1 aliphatic rings. The SMILES string of the molecule is COc1cccc2c1nc(NC(=O)C1(C(=O)O)CCCC1)n2C. The van der Waals surface area contributed by atoms with E-state index in [0.29, 0.717) is 30.1 Å². The van der Waals surface area contributed by atoms with Crippen LogP contribution < -0.4 is 10.1 Å². The van der Waals surface area contributed by atoms with Crippen molar-refractivity contribution in [1.29, 1.82) is 0 Å². The number of aromatic nitrogens is 2. The van der Waals surface area contributed by atoms with E-state index in [2.05, 4.69) is 10.3 Å². The quantitative estimate of drug-likeness (QED) is 0.843. The molecule has 122 valence electrons. The number of para-hydroxylation sites is 1. The lowest BCUT2D eigenvalue weighted by molar-refractivity contribution is -0.153. The number of hydrogen-bond acceptors (Lipinski definition) is 4. The molecule has 0 spiro atoms. The molecule has 23 heavy (non-hydrogen) atoms. The number of anilines is 1. The Balaban J connectivity index is 1.97. The predicted octanol–water partition coefficient (Wildman–Crippen LogP) is 2.17. The van der Waals surface area contributed by atoms with E-state index in [-0.39, 0.29) is 0 Å². The summed E-state index contributed by atoms with van der Waals surface area (Å²) in [6.07, 6.45) is 2.22. The predicted molar refractivity (Wildman–Crippen MR) is 84.4 cm³/mol. The molecule has 0 saturated heterocycles. The van der Waals surface area contributed by atoms with Gasteiger partial charge in [0.2, 0.25) is 11.9 Å². The Morgan fingerprint density at radius 1 is 1.35 bits per heavy atom. The largest absolute Gasteiger partial charge is 0.494 e. The summed E-state index contributed by atoms with van der Waals surface area (Å²) in [5, 5.41) is 12.2. The zero-order chi connectivity index (χ0) is 16.6. The van der Waals surface area contributed by atoms with E-state index in [1.807, 2.05) is 12.1 Å². The summed E-state index contributed by atoms with van der Waals surface area (Å²) in [5.41, 5.74) is 0.0847. The van der Waals surface area contributed by atoms with Crippen LogP contribution in [0.4, 0.5) is 5.95 Å². The molecule has 0 atom stereocenters. The van der Waals surface area contributed by atoms with Crippen molar-refractivity contribution < 1.29 is 19.4 Å². The smallest absolute Gasteiger partial charge is 0.319 e. The van der Waals surface area contributed by atoms with Gasteiger partial charge in [-0.2, -0.15) is 0 Å². The second-order valence-corrected chi connectivity index (χ2v) is 5.87. The fourth-order valence-electron chi connectivity index (χ4n) is 3.20. The number of methoxy groups -OCH3 is 1. The highest BCUT2D eigenvalue weighted by molar-refractivity contribution is 6.08. The first kappa shape index (κ1) is 15.3. The zero-order valence-corrected chi connectivity index (χ0v) is 13.1. The van der Waals surface area contributed by atoms with E-state index in [0.717, 1.165) is 18.4 Å². The minimum atomic E-state index is -1.35. The molecule has 1 amide bonds. The Morgan fingerprint density at radius 3 is 2.65 bits per heavy atom. The summed E-state index contributed by atoms with van der Waals surface area (Å²) in [6.45, 7) is 0. The fraction of sp³-hybridized carbons (Fsp3) is 0.438. The molecule has 3 rings (SSSR count). The minimum Gasteiger partial charge on any atom is -0.494 e. The first-order chi connectivity index (χ1) is 11.0. The maximum atomic E-state index is 12.6. The van der Waals surface area contributed by atoms with Crippen LogP contribution in [-0.2, 0) is 16.6 Å².